The predicted octanol–water partition coefficient (Wildman–Crippen LogP) is 10.6. The maximum absolute atomic E-state index is 13.4. The summed E-state index contributed by atoms with van der Waals surface area (Å²) in [4.78, 5) is 103. The van der Waals surface area contributed by atoms with Crippen molar-refractivity contribution in [2.24, 2.45) is 31.9 Å². The number of ketones is 2. The van der Waals surface area contributed by atoms with Crippen molar-refractivity contribution in [2.75, 3.05) is 63.0 Å². The summed E-state index contributed by atoms with van der Waals surface area (Å²) in [5.41, 5.74) is 13.8. The zero-order chi connectivity index (χ0) is 61.5. The van der Waals surface area contributed by atoms with Crippen LogP contribution in [0.25, 0.3) is 12.2 Å². The van der Waals surface area contributed by atoms with Crippen LogP contribution in [0.15, 0.2) is 133 Å². The molecule has 26 nitrogen and oxygen atoms in total. The van der Waals surface area contributed by atoms with Crippen molar-refractivity contribution < 1.29 is 41.7 Å². The van der Waals surface area contributed by atoms with Crippen molar-refractivity contribution in [3.63, 3.8) is 0 Å². The second-order valence-corrected chi connectivity index (χ2v) is 22.4. The number of carbonyl (C=O) groups excluding carboxylic acids is 6. The van der Waals surface area contributed by atoms with Crippen LogP contribution in [0, 0.1) is 0 Å². The van der Waals surface area contributed by atoms with Gasteiger partial charge in [-0.25, -0.2) is 9.97 Å². The van der Waals surface area contributed by atoms with Crippen LogP contribution in [0.5, 0.6) is 0 Å². The molecule has 7 rings (SSSR count). The smallest absolute Gasteiger partial charge is 0.313 e. The molecule has 0 fully saturated rings. The van der Waals surface area contributed by atoms with Gasteiger partial charge >= 0.3 is 10.1 Å². The standard InChI is InChI=1S/C55H57N17O9S4/c1-8-71(9-2)36-19-21-41(67-69-53-58-29-38(83-53)27-39(30(6)73)48(77)59-34-17-13-15-32(23-34)46(56)75)43(25-36)61-51-64-52(66-54(65-51)82-12-5)62-44-26-37(72(10-3)11-4)20-22-42(44)68-70-55-63-50(85(79,80)81)45(84-55)28-40(31(7)74)49(78)60-35-18-14-16-33(24-35)47(57)76/h13-29H,8-12H2,1-7H3,(H2,56,75)(H2,57,76)(H,59,77)(H,60,78)(H,79,80,81)(H2,61,62,64,65,66)/b39-27+,40-28-,69-67?,70-68?. The highest BCUT2D eigenvalue weighted by atomic mass is 32.2. The van der Waals surface area contributed by atoms with Gasteiger partial charge in [0.2, 0.25) is 39.0 Å². The summed E-state index contributed by atoms with van der Waals surface area (Å²) in [5, 5.41) is 28.7. The Morgan fingerprint density at radius 2 is 1.11 bits per heavy atom. The molecule has 3 aromatic heterocycles. The van der Waals surface area contributed by atoms with E-state index in [1.165, 1.54) is 67.4 Å². The first kappa shape index (κ1) is 63.1. The number of hydrogen-bond acceptors (Lipinski definition) is 24. The molecule has 3 heterocycles. The molecular formula is C55H57N17O9S4. The third-order valence-corrected chi connectivity index (χ3v) is 15.4. The Balaban J connectivity index is 1.21. The molecule has 440 valence electrons. The van der Waals surface area contributed by atoms with Crippen LogP contribution >= 0.6 is 34.4 Å². The van der Waals surface area contributed by atoms with E-state index in [-0.39, 0.29) is 60.8 Å². The van der Waals surface area contributed by atoms with E-state index in [1.807, 2.05) is 52.8 Å². The van der Waals surface area contributed by atoms with Gasteiger partial charge in [-0.2, -0.15) is 23.4 Å². The minimum atomic E-state index is -5.06. The van der Waals surface area contributed by atoms with Crippen LogP contribution in [0.2, 0.25) is 0 Å². The van der Waals surface area contributed by atoms with Crippen molar-refractivity contribution in [2.45, 2.75) is 58.6 Å². The molecule has 0 saturated heterocycles. The number of thioether (sulfide) groups is 1. The molecule has 4 aromatic carbocycles. The highest BCUT2D eigenvalue weighted by Crippen LogP contribution is 2.38. The minimum Gasteiger partial charge on any atom is -0.372 e. The third-order valence-electron chi connectivity index (χ3n) is 12.1. The number of azo groups is 2. The van der Waals surface area contributed by atoms with E-state index in [0.29, 0.717) is 70.4 Å². The molecular weight excluding hydrogens is 1170 g/mol. The van der Waals surface area contributed by atoms with E-state index in [4.69, 9.17) is 26.4 Å². The van der Waals surface area contributed by atoms with Crippen molar-refractivity contribution >= 4 is 160 Å². The number of nitrogens with one attached hydrogen (secondary N) is 4. The number of nitrogens with zero attached hydrogens (tertiary/aromatic N) is 11. The molecule has 4 amide bonds. The number of Topliss-reactive ketones (excluding diaryl/α,β-unsaturated/α-hetero) is 2. The fourth-order valence-corrected chi connectivity index (χ4v) is 10.9. The summed E-state index contributed by atoms with van der Waals surface area (Å²) in [6.07, 6.45) is 3.79. The van der Waals surface area contributed by atoms with Crippen LogP contribution < -0.4 is 42.5 Å². The Hall–Kier alpha value is -9.49. The first-order valence-electron chi connectivity index (χ1n) is 26.0. The normalized spacial score (nSPS) is 11.9. The van der Waals surface area contributed by atoms with E-state index in [1.54, 1.807) is 30.3 Å². The molecule has 0 aliphatic heterocycles. The van der Waals surface area contributed by atoms with Crippen molar-refractivity contribution in [3.8, 4) is 0 Å². The van der Waals surface area contributed by atoms with Crippen LogP contribution in [0.1, 0.15) is 78.9 Å². The molecule has 9 N–H and O–H groups in total. The molecule has 7 aromatic rings. The van der Waals surface area contributed by atoms with E-state index in [2.05, 4.69) is 61.5 Å². The van der Waals surface area contributed by atoms with Crippen molar-refractivity contribution in [1.82, 2.24) is 24.9 Å². The molecule has 85 heavy (non-hydrogen) atoms. The van der Waals surface area contributed by atoms with Gasteiger partial charge in [-0.1, -0.05) is 53.5 Å². The van der Waals surface area contributed by atoms with E-state index in [9.17, 15) is 41.7 Å². The Morgan fingerprint density at radius 3 is 1.55 bits per heavy atom. The Kier molecular flexibility index (Phi) is 21.3. The average molecular weight is 1230 g/mol. The van der Waals surface area contributed by atoms with Crippen molar-refractivity contribution in [3.05, 3.63) is 123 Å². The van der Waals surface area contributed by atoms with Crippen LogP contribution in [0.3, 0.4) is 0 Å². The molecule has 0 atom stereocenters. The third kappa shape index (κ3) is 16.8. The van der Waals surface area contributed by atoms with Gasteiger partial charge in [0.25, 0.3) is 11.8 Å². The lowest BCUT2D eigenvalue weighted by atomic mass is 10.1. The number of amides is 4. The number of rotatable bonds is 27. The van der Waals surface area contributed by atoms with Crippen LogP contribution in [-0.2, 0) is 29.3 Å². The topological polar surface area (TPSA) is 377 Å². The molecule has 30 heteroatoms. The van der Waals surface area contributed by atoms with Crippen LogP contribution in [-0.4, -0.2) is 105 Å². The van der Waals surface area contributed by atoms with Crippen LogP contribution in [0.4, 0.5) is 67.7 Å². The Bertz CT molecular complexity index is 3950. The maximum atomic E-state index is 13.4. The monoisotopic (exact) mass is 1230 g/mol. The summed E-state index contributed by atoms with van der Waals surface area (Å²) in [7, 11) is -5.06. The van der Waals surface area contributed by atoms with Gasteiger partial charge < -0.3 is 42.5 Å². The zero-order valence-electron chi connectivity index (χ0n) is 46.8. The summed E-state index contributed by atoms with van der Waals surface area (Å²) in [6, 6.07) is 22.5. The first-order chi connectivity index (χ1) is 40.6. The summed E-state index contributed by atoms with van der Waals surface area (Å²) in [5.74, 6) is -3.60. The summed E-state index contributed by atoms with van der Waals surface area (Å²) >= 11 is 3.04. The van der Waals surface area contributed by atoms with Gasteiger partial charge in [0.1, 0.15) is 11.4 Å². The maximum Gasteiger partial charge on any atom is 0.313 e. The number of aromatic nitrogens is 5. The fraction of sp³-hybridized carbons (Fsp3) is 0.218. The molecule has 0 spiro atoms. The predicted molar refractivity (Wildman–Crippen MR) is 330 cm³/mol. The highest BCUT2D eigenvalue weighted by molar-refractivity contribution is 7.99. The van der Waals surface area contributed by atoms with Gasteiger partial charge in [0.05, 0.1) is 32.3 Å². The second kappa shape index (κ2) is 28.7. The number of benzene rings is 4. The average Bonchev–Trinajstić information content (AvgIpc) is 2.70. The number of thiazole rings is 2. The second-order valence-electron chi connectivity index (χ2n) is 17.8. The number of anilines is 8. The molecule has 0 saturated carbocycles. The molecule has 0 bridgehead atoms. The number of hydrogen-bond donors (Lipinski definition) is 7. The quantitative estimate of drug-likeness (QED) is 0.00628. The van der Waals surface area contributed by atoms with E-state index in [0.717, 1.165) is 35.7 Å². The van der Waals surface area contributed by atoms with Gasteiger partial charge in [0.15, 0.2) is 16.7 Å². The molecule has 0 unspecified atom stereocenters. The van der Waals surface area contributed by atoms with Gasteiger partial charge in [-0.3, -0.25) is 33.3 Å². The molecule has 0 radical (unpaired) electrons. The Morgan fingerprint density at radius 1 is 0.624 bits per heavy atom. The lowest BCUT2D eigenvalue weighted by Crippen LogP contribution is -2.21. The summed E-state index contributed by atoms with van der Waals surface area (Å²) in [6.45, 7) is 15.0. The van der Waals surface area contributed by atoms with Gasteiger partial charge in [-0.15, -0.1) is 20.5 Å². The van der Waals surface area contributed by atoms with E-state index < -0.39 is 55.9 Å². The highest BCUT2D eigenvalue weighted by Gasteiger charge is 2.25. The largest absolute Gasteiger partial charge is 0.372 e. The Labute approximate surface area is 500 Å². The minimum absolute atomic E-state index is 0.0811. The number of primary amides is 2. The fourth-order valence-electron chi connectivity index (χ4n) is 7.93. The first-order valence-corrected chi connectivity index (χ1v) is 30.0. The number of carbonyl (C=O) groups is 6. The number of nitrogens with two attached hydrogens (primary N) is 2. The summed E-state index contributed by atoms with van der Waals surface area (Å²) < 4.78 is 35.6. The lowest BCUT2D eigenvalue weighted by Gasteiger charge is -2.22. The SMILES string of the molecule is CCSc1nc(Nc2cc(N(CC)CC)ccc2N=Nc2ncc(/C=C(\C(C)=O)C(=O)Nc3cccc(C(N)=O)c3)s2)nc(Nc2cc(N(CC)CC)ccc2N=Nc2nc(S(=O)(=O)O)c(/C=C(/C(C)=O)C(=O)Nc3cccc(C(N)=O)c3)s2)n1. The van der Waals surface area contributed by atoms with Gasteiger partial charge in [0, 0.05) is 66.3 Å². The van der Waals surface area contributed by atoms with E-state index >= 15 is 0 Å². The molecule has 0 aliphatic rings. The van der Waals surface area contributed by atoms with Gasteiger partial charge in [-0.05, 0) is 132 Å². The molecule has 0 aliphatic carbocycles. The zero-order valence-corrected chi connectivity index (χ0v) is 50.0. The lowest BCUT2D eigenvalue weighted by molar-refractivity contribution is -0.120. The van der Waals surface area contributed by atoms with Crippen molar-refractivity contribution in [1.29, 1.82) is 0 Å².